The number of nitriles is 1. The van der Waals surface area contributed by atoms with Crippen molar-refractivity contribution in [3.63, 3.8) is 0 Å². The molecule has 0 bridgehead atoms. The zero-order valence-corrected chi connectivity index (χ0v) is 23.7. The van der Waals surface area contributed by atoms with E-state index in [9.17, 15) is 5.26 Å². The van der Waals surface area contributed by atoms with Crippen LogP contribution in [0.2, 0.25) is 17.3 Å². The number of aromatic nitrogens is 1. The van der Waals surface area contributed by atoms with Crippen LogP contribution in [0.3, 0.4) is 0 Å². The van der Waals surface area contributed by atoms with E-state index in [1.54, 1.807) is 0 Å². The van der Waals surface area contributed by atoms with Crippen molar-refractivity contribution in [1.29, 1.82) is 5.26 Å². The van der Waals surface area contributed by atoms with Crippen molar-refractivity contribution < 1.29 is 0 Å². The molecule has 0 aliphatic heterocycles. The van der Waals surface area contributed by atoms with E-state index < -0.39 is 13.3 Å². The van der Waals surface area contributed by atoms with Gasteiger partial charge in [-0.15, -0.1) is 0 Å². The summed E-state index contributed by atoms with van der Waals surface area (Å²) in [5, 5.41) is 16.6. The van der Waals surface area contributed by atoms with Crippen LogP contribution in [0, 0.1) is 18.3 Å². The first-order valence-electron chi connectivity index (χ1n) is 12.7. The first-order valence-corrected chi connectivity index (χ1v) is 20.0. The van der Waals surface area contributed by atoms with Crippen molar-refractivity contribution in [1.82, 2.24) is 4.98 Å². The van der Waals surface area contributed by atoms with Gasteiger partial charge in [-0.1, -0.05) is 24.3 Å². The Balaban J connectivity index is 1.57. The molecule has 3 heteroatoms. The Hall–Kier alpha value is -3.94. The minimum absolute atomic E-state index is 0.674. The molecule has 0 spiro atoms. The van der Waals surface area contributed by atoms with Crippen LogP contribution in [0.1, 0.15) is 11.1 Å². The Bertz CT molecular complexity index is 1870. The molecule has 0 atom stereocenters. The van der Waals surface area contributed by atoms with Gasteiger partial charge in [0, 0.05) is 0 Å². The fraction of sp³-hybridized carbons (Fsp3) is 0.118. The second-order valence-corrected chi connectivity index (χ2v) is 21.5. The molecule has 1 aromatic heterocycles. The molecular weight excluding hydrogens is 509 g/mol. The third kappa shape index (κ3) is 4.00. The van der Waals surface area contributed by atoms with E-state index >= 15 is 0 Å². The van der Waals surface area contributed by atoms with Gasteiger partial charge in [-0.05, 0) is 10.8 Å². The maximum absolute atomic E-state index is 9.82. The van der Waals surface area contributed by atoms with Crippen LogP contribution in [0.5, 0.6) is 0 Å². The standard InChI is InChI=1S/C34H28GeN2/c1-22-9-14-29-30-17-18-37-34(25-19-24-7-5-6-8-28(24)26(20-25)21-36)32(30)16-15-31(29)33(22)23-10-12-27(13-11-23)35(2,3)4/h5-20H,1-4H3. The number of aryl methyl sites for hydroxylation is 1. The average Bonchev–Trinajstić information content (AvgIpc) is 2.91. The SMILES string of the molecule is Cc1ccc2c(ccc3c(-c4cc(C#N)c5ccccc5c4)nccc32)c1-c1cc[c]([Ge]([CH3])([CH3])[CH3])cc1. The fourth-order valence-corrected chi connectivity index (χ4v) is 7.92. The summed E-state index contributed by atoms with van der Waals surface area (Å²) in [5.41, 5.74) is 6.39. The Morgan fingerprint density at radius 3 is 2.14 bits per heavy atom. The number of rotatable bonds is 3. The topological polar surface area (TPSA) is 36.7 Å². The molecule has 0 saturated heterocycles. The van der Waals surface area contributed by atoms with Gasteiger partial charge < -0.3 is 0 Å². The number of nitrogens with zero attached hydrogens (tertiary/aromatic N) is 2. The Morgan fingerprint density at radius 2 is 1.38 bits per heavy atom. The van der Waals surface area contributed by atoms with Crippen LogP contribution in [0.4, 0.5) is 0 Å². The number of hydrogen-bond donors (Lipinski definition) is 0. The Labute approximate surface area is 220 Å². The number of hydrogen-bond acceptors (Lipinski definition) is 2. The van der Waals surface area contributed by atoms with Gasteiger partial charge >= 0.3 is 169 Å². The zero-order valence-electron chi connectivity index (χ0n) is 21.6. The molecule has 178 valence electrons. The molecule has 0 radical (unpaired) electrons. The van der Waals surface area contributed by atoms with Gasteiger partial charge in [0.05, 0.1) is 11.6 Å². The van der Waals surface area contributed by atoms with Crippen molar-refractivity contribution in [2.45, 2.75) is 24.2 Å². The van der Waals surface area contributed by atoms with Crippen LogP contribution in [0.15, 0.2) is 97.2 Å². The Morgan fingerprint density at radius 1 is 0.676 bits per heavy atom. The molecule has 0 aliphatic rings. The van der Waals surface area contributed by atoms with E-state index in [0.717, 1.165) is 27.4 Å². The van der Waals surface area contributed by atoms with Crippen molar-refractivity contribution in [2.75, 3.05) is 0 Å². The molecule has 0 N–H and O–H groups in total. The van der Waals surface area contributed by atoms with Crippen LogP contribution < -0.4 is 4.40 Å². The summed E-state index contributed by atoms with van der Waals surface area (Å²) in [6.07, 6.45) is 1.89. The van der Waals surface area contributed by atoms with E-state index in [1.165, 1.54) is 37.2 Å². The average molecular weight is 537 g/mol. The summed E-state index contributed by atoms with van der Waals surface area (Å²) in [6, 6.07) is 34.8. The predicted octanol–water partition coefficient (Wildman–Crippen LogP) is 8.60. The summed E-state index contributed by atoms with van der Waals surface area (Å²) in [6.45, 7) is 2.20. The molecule has 5 aromatic carbocycles. The molecule has 37 heavy (non-hydrogen) atoms. The third-order valence-electron chi connectivity index (χ3n) is 7.45. The minimum atomic E-state index is -1.87. The summed E-state index contributed by atoms with van der Waals surface area (Å²) in [5.74, 6) is 7.31. The summed E-state index contributed by atoms with van der Waals surface area (Å²) in [4.78, 5) is 4.79. The van der Waals surface area contributed by atoms with Gasteiger partial charge in [0.1, 0.15) is 0 Å². The third-order valence-corrected chi connectivity index (χ3v) is 11.8. The van der Waals surface area contributed by atoms with Crippen molar-refractivity contribution in [2.24, 2.45) is 0 Å². The molecule has 2 nitrogen and oxygen atoms in total. The molecule has 0 amide bonds. The van der Waals surface area contributed by atoms with Crippen molar-refractivity contribution in [3.05, 3.63) is 108 Å². The van der Waals surface area contributed by atoms with Crippen LogP contribution in [-0.4, -0.2) is 18.3 Å². The summed E-state index contributed by atoms with van der Waals surface area (Å²) < 4.78 is 1.52. The zero-order chi connectivity index (χ0) is 25.7. The molecule has 1 heterocycles. The summed E-state index contributed by atoms with van der Waals surface area (Å²) in [7, 11) is 0. The number of pyridine rings is 1. The second-order valence-electron chi connectivity index (χ2n) is 10.9. The van der Waals surface area contributed by atoms with E-state index in [2.05, 4.69) is 97.0 Å². The van der Waals surface area contributed by atoms with Gasteiger partial charge in [0.2, 0.25) is 0 Å². The van der Waals surface area contributed by atoms with Crippen LogP contribution in [0.25, 0.3) is 54.7 Å². The van der Waals surface area contributed by atoms with E-state index in [1.807, 2.05) is 30.5 Å². The molecule has 6 rings (SSSR count). The first-order chi connectivity index (χ1) is 17.8. The van der Waals surface area contributed by atoms with Crippen LogP contribution >= 0.6 is 0 Å². The van der Waals surface area contributed by atoms with Gasteiger partial charge in [0.15, 0.2) is 0 Å². The molecule has 6 aromatic rings. The molecule has 0 saturated carbocycles. The summed E-state index contributed by atoms with van der Waals surface area (Å²) >= 11 is -1.87. The van der Waals surface area contributed by atoms with E-state index in [4.69, 9.17) is 4.98 Å². The van der Waals surface area contributed by atoms with Gasteiger partial charge in [-0.3, -0.25) is 0 Å². The van der Waals surface area contributed by atoms with Gasteiger partial charge in [0.25, 0.3) is 0 Å². The monoisotopic (exact) mass is 538 g/mol. The van der Waals surface area contributed by atoms with E-state index in [0.29, 0.717) is 5.56 Å². The molecular formula is C34H28GeN2. The number of benzene rings is 5. The Kier molecular flexibility index (Phi) is 5.62. The van der Waals surface area contributed by atoms with Crippen LogP contribution in [-0.2, 0) is 0 Å². The predicted molar refractivity (Wildman–Crippen MR) is 160 cm³/mol. The first kappa shape index (κ1) is 23.5. The van der Waals surface area contributed by atoms with Gasteiger partial charge in [-0.25, -0.2) is 0 Å². The van der Waals surface area contributed by atoms with Crippen molar-refractivity contribution >= 4 is 50.0 Å². The van der Waals surface area contributed by atoms with E-state index in [-0.39, 0.29) is 0 Å². The maximum atomic E-state index is 9.82. The fourth-order valence-electron chi connectivity index (χ4n) is 5.47. The van der Waals surface area contributed by atoms with Crippen molar-refractivity contribution in [3.8, 4) is 28.5 Å². The quantitative estimate of drug-likeness (QED) is 0.168. The van der Waals surface area contributed by atoms with Gasteiger partial charge in [-0.2, -0.15) is 5.26 Å². The number of fused-ring (bicyclic) bond motifs is 4. The molecule has 0 fully saturated rings. The second kappa shape index (κ2) is 8.87. The molecule has 0 aliphatic carbocycles. The normalized spacial score (nSPS) is 11.8. The molecule has 0 unspecified atom stereocenters.